The van der Waals surface area contributed by atoms with Crippen LogP contribution in [-0.2, 0) is 63.3 Å². The topological polar surface area (TPSA) is 140 Å². The molecule has 0 bridgehead atoms. The van der Waals surface area contributed by atoms with Crippen molar-refractivity contribution in [2.75, 3.05) is 172 Å². The molecule has 0 aliphatic carbocycles. The van der Waals surface area contributed by atoms with E-state index in [1.165, 1.54) is 29.2 Å². The number of aliphatic hydroxyl groups is 1. The van der Waals surface area contributed by atoms with E-state index in [-0.39, 0.29) is 6.61 Å². The van der Waals surface area contributed by atoms with E-state index >= 15 is 0 Å². The van der Waals surface area contributed by atoms with Crippen LogP contribution in [0, 0.1) is 0 Å². The van der Waals surface area contributed by atoms with Gasteiger partial charge in [-0.05, 0) is 41.3 Å². The van der Waals surface area contributed by atoms with E-state index in [1.54, 1.807) is 0 Å². The third kappa shape index (κ3) is 28.4. The van der Waals surface area contributed by atoms with E-state index < -0.39 is 0 Å². The third-order valence-corrected chi connectivity index (χ3v) is 7.57. The number of ether oxygens (including phenoxy) is 13. The van der Waals surface area contributed by atoms with Crippen LogP contribution in [0.2, 0.25) is 0 Å². The molecule has 0 saturated carbocycles. The van der Waals surface area contributed by atoms with Crippen LogP contribution in [0.25, 0.3) is 10.8 Å². The number of fused-ring (bicyclic) bond motifs is 1. The number of rotatable bonds is 42. The monoisotopic (exact) mass is 772 g/mol. The Kier molecular flexibility index (Phi) is 33.8. The zero-order valence-corrected chi connectivity index (χ0v) is 32.7. The van der Waals surface area contributed by atoms with Gasteiger partial charge >= 0.3 is 0 Å². The average Bonchev–Trinajstić information content (AvgIpc) is 3.19. The highest BCUT2D eigenvalue weighted by atomic mass is 16.6. The molecule has 0 aromatic heterocycles. The Morgan fingerprint density at radius 3 is 1.11 bits per heavy atom. The van der Waals surface area contributed by atoms with Gasteiger partial charge in [0, 0.05) is 0 Å². The summed E-state index contributed by atoms with van der Waals surface area (Å²) in [6.07, 6.45) is 3.51. The van der Waals surface area contributed by atoms with Crippen molar-refractivity contribution in [3.8, 4) is 5.75 Å². The lowest BCUT2D eigenvalue weighted by molar-refractivity contribution is -0.0287. The molecule has 2 rings (SSSR count). The van der Waals surface area contributed by atoms with Crippen LogP contribution in [0.15, 0.2) is 36.4 Å². The van der Waals surface area contributed by atoms with Crippen molar-refractivity contribution in [2.45, 2.75) is 26.2 Å². The summed E-state index contributed by atoms with van der Waals surface area (Å²) in [5.74, 6) is 0.863. The van der Waals surface area contributed by atoms with Gasteiger partial charge in [-0.25, -0.2) is 0 Å². The van der Waals surface area contributed by atoms with E-state index in [2.05, 4.69) is 37.3 Å². The predicted octanol–water partition coefficient (Wildman–Crippen LogP) is 3.75. The van der Waals surface area contributed by atoms with Crippen LogP contribution in [-0.4, -0.2) is 177 Å². The Balaban J connectivity index is 1.19. The molecule has 0 heterocycles. The molecule has 0 spiro atoms. The maximum absolute atomic E-state index is 8.59. The fraction of sp³-hybridized carbons (Fsp3) is 0.750. The van der Waals surface area contributed by atoms with Gasteiger partial charge in [-0.1, -0.05) is 37.6 Å². The molecule has 0 saturated heterocycles. The van der Waals surface area contributed by atoms with Crippen molar-refractivity contribution in [3.05, 3.63) is 42.0 Å². The molecule has 312 valence electrons. The van der Waals surface area contributed by atoms with Crippen molar-refractivity contribution in [3.63, 3.8) is 0 Å². The molecule has 0 aliphatic rings. The summed E-state index contributed by atoms with van der Waals surface area (Å²) in [7, 11) is 0. The van der Waals surface area contributed by atoms with Gasteiger partial charge in [0.25, 0.3) is 0 Å². The Hall–Kier alpha value is -2.02. The second kappa shape index (κ2) is 37.9. The minimum Gasteiger partial charge on any atom is -0.491 e. The molecule has 2 aromatic carbocycles. The maximum atomic E-state index is 8.59. The van der Waals surface area contributed by atoms with Gasteiger partial charge in [0.2, 0.25) is 0 Å². The molecule has 14 nitrogen and oxygen atoms in total. The first-order valence-electron chi connectivity index (χ1n) is 19.5. The summed E-state index contributed by atoms with van der Waals surface area (Å²) in [5, 5.41) is 11.1. The average molecular weight is 773 g/mol. The van der Waals surface area contributed by atoms with Gasteiger partial charge in [0.15, 0.2) is 0 Å². The summed E-state index contributed by atoms with van der Waals surface area (Å²) in [6.45, 7) is 14.6. The molecule has 0 aliphatic heterocycles. The number of unbranched alkanes of at least 4 members (excludes halogenated alkanes) is 1. The standard InChI is InChI=1S/C40H68O14/c1-2-3-5-37-6-4-7-38-36-39(8-9-40(37)38)54-35-34-53-33-32-52-31-30-51-29-28-50-27-26-49-25-24-48-23-22-47-21-20-46-19-18-45-17-16-44-15-14-43-13-12-42-11-10-41/h4,6-9,36,41H,2-3,5,10-35H2,1H3. The molecule has 0 atom stereocenters. The van der Waals surface area contributed by atoms with Crippen LogP contribution in [0.4, 0.5) is 0 Å². The fourth-order valence-corrected chi connectivity index (χ4v) is 4.81. The molecule has 54 heavy (non-hydrogen) atoms. The number of hydrogen-bond donors (Lipinski definition) is 1. The molecule has 0 unspecified atom stereocenters. The van der Waals surface area contributed by atoms with Gasteiger partial charge in [-0.15, -0.1) is 0 Å². The van der Waals surface area contributed by atoms with Crippen LogP contribution >= 0.6 is 0 Å². The Morgan fingerprint density at radius 1 is 0.407 bits per heavy atom. The van der Waals surface area contributed by atoms with Crippen molar-refractivity contribution < 1.29 is 66.7 Å². The van der Waals surface area contributed by atoms with Gasteiger partial charge in [0.1, 0.15) is 12.4 Å². The number of hydrogen-bond acceptors (Lipinski definition) is 14. The molecule has 2 aromatic rings. The summed E-state index contributed by atoms with van der Waals surface area (Å²) >= 11 is 0. The molecular weight excluding hydrogens is 704 g/mol. The van der Waals surface area contributed by atoms with Crippen molar-refractivity contribution in [2.24, 2.45) is 0 Å². The Morgan fingerprint density at radius 2 is 0.759 bits per heavy atom. The van der Waals surface area contributed by atoms with Gasteiger partial charge in [0.05, 0.1) is 165 Å². The van der Waals surface area contributed by atoms with E-state index in [0.29, 0.717) is 165 Å². The lowest BCUT2D eigenvalue weighted by atomic mass is 10.0. The Bertz CT molecular complexity index is 1080. The molecule has 0 fully saturated rings. The van der Waals surface area contributed by atoms with Gasteiger partial charge in [-0.3, -0.25) is 0 Å². The van der Waals surface area contributed by atoms with Crippen LogP contribution < -0.4 is 4.74 Å². The lowest BCUT2D eigenvalue weighted by Gasteiger charge is -2.10. The summed E-state index contributed by atoms with van der Waals surface area (Å²) in [5.41, 5.74) is 1.40. The number of aliphatic hydroxyl groups excluding tert-OH is 1. The lowest BCUT2D eigenvalue weighted by Crippen LogP contribution is -2.15. The summed E-state index contributed by atoms with van der Waals surface area (Å²) in [6, 6.07) is 12.8. The Labute approximate surface area is 322 Å². The highest BCUT2D eigenvalue weighted by molar-refractivity contribution is 5.87. The molecule has 14 heteroatoms. The quantitative estimate of drug-likeness (QED) is 0.0980. The second-order valence-corrected chi connectivity index (χ2v) is 11.8. The smallest absolute Gasteiger partial charge is 0.120 e. The number of aryl methyl sites for hydroxylation is 1. The SMILES string of the molecule is CCCCc1cccc2cc(OCCOCCOCCOCCOCCOCCOCCOCCOCCOCCOCCOCCOCCO)ccc12. The largest absolute Gasteiger partial charge is 0.491 e. The first kappa shape index (κ1) is 48.1. The minimum absolute atomic E-state index is 0.0237. The van der Waals surface area contributed by atoms with Crippen LogP contribution in [0.1, 0.15) is 25.3 Å². The maximum Gasteiger partial charge on any atom is 0.120 e. The second-order valence-electron chi connectivity index (χ2n) is 11.8. The molecular formula is C40H68O14. The summed E-state index contributed by atoms with van der Waals surface area (Å²) in [4.78, 5) is 0. The highest BCUT2D eigenvalue weighted by Gasteiger charge is 2.03. The fourth-order valence-electron chi connectivity index (χ4n) is 4.81. The van der Waals surface area contributed by atoms with Crippen molar-refractivity contribution >= 4 is 10.8 Å². The zero-order valence-electron chi connectivity index (χ0n) is 32.7. The van der Waals surface area contributed by atoms with Gasteiger partial charge < -0.3 is 66.7 Å². The molecule has 0 amide bonds. The van der Waals surface area contributed by atoms with Crippen molar-refractivity contribution in [1.29, 1.82) is 0 Å². The predicted molar refractivity (Wildman–Crippen MR) is 205 cm³/mol. The number of benzene rings is 2. The summed E-state index contributed by atoms with van der Waals surface area (Å²) < 4.78 is 71.4. The van der Waals surface area contributed by atoms with Gasteiger partial charge in [-0.2, -0.15) is 0 Å². The van der Waals surface area contributed by atoms with Crippen molar-refractivity contribution in [1.82, 2.24) is 0 Å². The van der Waals surface area contributed by atoms with E-state index in [0.717, 1.165) is 12.2 Å². The third-order valence-electron chi connectivity index (χ3n) is 7.57. The first-order chi connectivity index (χ1) is 26.8. The zero-order chi connectivity index (χ0) is 38.3. The normalized spacial score (nSPS) is 11.6. The molecule has 0 radical (unpaired) electrons. The molecule has 1 N–H and O–H groups in total. The van der Waals surface area contributed by atoms with Crippen LogP contribution in [0.5, 0.6) is 5.75 Å². The minimum atomic E-state index is 0.0237. The van der Waals surface area contributed by atoms with E-state index in [9.17, 15) is 0 Å². The van der Waals surface area contributed by atoms with E-state index in [1.807, 2.05) is 6.07 Å². The first-order valence-corrected chi connectivity index (χ1v) is 19.5. The highest BCUT2D eigenvalue weighted by Crippen LogP contribution is 2.25. The van der Waals surface area contributed by atoms with Crippen LogP contribution in [0.3, 0.4) is 0 Å². The van der Waals surface area contributed by atoms with E-state index in [4.69, 9.17) is 66.7 Å².